The van der Waals surface area contributed by atoms with Crippen molar-refractivity contribution >= 4 is 11.6 Å². The van der Waals surface area contributed by atoms with Crippen molar-refractivity contribution < 1.29 is 4.79 Å². The van der Waals surface area contributed by atoms with E-state index in [0.717, 1.165) is 37.5 Å². The molecule has 3 heteroatoms. The van der Waals surface area contributed by atoms with E-state index < -0.39 is 0 Å². The molecule has 0 spiro atoms. The summed E-state index contributed by atoms with van der Waals surface area (Å²) in [5, 5.41) is 3.38. The Kier molecular flexibility index (Phi) is 3.45. The quantitative estimate of drug-likeness (QED) is 0.880. The molecule has 1 heterocycles. The topological polar surface area (TPSA) is 32.3 Å². The number of carbonyl (C=O) groups is 1. The molecule has 3 rings (SSSR count). The molecule has 102 valence electrons. The number of nitrogens with zero attached hydrogens (tertiary/aromatic N) is 1. The van der Waals surface area contributed by atoms with Crippen molar-refractivity contribution in [3.8, 4) is 0 Å². The first-order valence-electron chi connectivity index (χ1n) is 7.41. The summed E-state index contributed by atoms with van der Waals surface area (Å²) in [7, 11) is 0. The fraction of sp³-hybridized carbons (Fsp3) is 0.562. The van der Waals surface area contributed by atoms with Gasteiger partial charge in [-0.15, -0.1) is 0 Å². The molecule has 1 aromatic carbocycles. The van der Waals surface area contributed by atoms with Crippen molar-refractivity contribution in [3.05, 3.63) is 29.8 Å². The van der Waals surface area contributed by atoms with Crippen LogP contribution in [0.15, 0.2) is 24.3 Å². The van der Waals surface area contributed by atoms with Gasteiger partial charge in [0.25, 0.3) is 0 Å². The van der Waals surface area contributed by atoms with Gasteiger partial charge < -0.3 is 10.2 Å². The molecule has 1 unspecified atom stereocenters. The van der Waals surface area contributed by atoms with Gasteiger partial charge >= 0.3 is 0 Å². The highest BCUT2D eigenvalue weighted by atomic mass is 16.2. The average Bonchev–Trinajstić information content (AvgIpc) is 3.13. The van der Waals surface area contributed by atoms with E-state index in [1.54, 1.807) is 0 Å². The summed E-state index contributed by atoms with van der Waals surface area (Å²) < 4.78 is 0. The SMILES string of the molecule is CCCN(CC1CC1)C(=O)C1Cc2ccccc2N1. The molecule has 0 bridgehead atoms. The maximum absolute atomic E-state index is 12.6. The van der Waals surface area contributed by atoms with E-state index in [0.29, 0.717) is 0 Å². The lowest BCUT2D eigenvalue weighted by atomic mass is 10.1. The third kappa shape index (κ3) is 2.75. The number of anilines is 1. The van der Waals surface area contributed by atoms with Gasteiger partial charge in [-0.3, -0.25) is 4.79 Å². The van der Waals surface area contributed by atoms with Gasteiger partial charge in [-0.2, -0.15) is 0 Å². The molecule has 3 nitrogen and oxygen atoms in total. The maximum Gasteiger partial charge on any atom is 0.245 e. The van der Waals surface area contributed by atoms with Gasteiger partial charge in [0, 0.05) is 25.2 Å². The standard InChI is InChI=1S/C16H22N2O/c1-2-9-18(11-12-7-8-12)16(19)15-10-13-5-3-4-6-14(13)17-15/h3-6,12,15,17H,2,7-11H2,1H3. The Hall–Kier alpha value is -1.51. The van der Waals surface area contributed by atoms with Gasteiger partial charge in [-0.05, 0) is 36.8 Å². The van der Waals surface area contributed by atoms with Crippen LogP contribution in [0.2, 0.25) is 0 Å². The van der Waals surface area contributed by atoms with Gasteiger partial charge in [-0.1, -0.05) is 25.1 Å². The van der Waals surface area contributed by atoms with Gasteiger partial charge in [0.1, 0.15) is 6.04 Å². The summed E-state index contributed by atoms with van der Waals surface area (Å²) in [4.78, 5) is 14.7. The first-order valence-corrected chi connectivity index (χ1v) is 7.41. The Labute approximate surface area is 115 Å². The number of amides is 1. The van der Waals surface area contributed by atoms with Crippen LogP contribution in [0.5, 0.6) is 0 Å². The molecule has 2 aliphatic rings. The predicted octanol–water partition coefficient (Wildman–Crippen LogP) is 2.67. The van der Waals surface area contributed by atoms with Crippen molar-refractivity contribution in [1.82, 2.24) is 4.90 Å². The Morgan fingerprint density at radius 1 is 1.37 bits per heavy atom. The second kappa shape index (κ2) is 5.24. The summed E-state index contributed by atoms with van der Waals surface area (Å²) >= 11 is 0. The van der Waals surface area contributed by atoms with E-state index >= 15 is 0 Å². The molecule has 1 saturated carbocycles. The minimum absolute atomic E-state index is 0.0531. The highest BCUT2D eigenvalue weighted by molar-refractivity contribution is 5.87. The summed E-state index contributed by atoms with van der Waals surface area (Å²) in [6, 6.07) is 8.19. The lowest BCUT2D eigenvalue weighted by molar-refractivity contribution is -0.132. The molecule has 1 amide bonds. The number of nitrogens with one attached hydrogen (secondary N) is 1. The number of carbonyl (C=O) groups excluding carboxylic acids is 1. The first-order chi connectivity index (χ1) is 9.28. The Morgan fingerprint density at radius 3 is 2.84 bits per heavy atom. The minimum atomic E-state index is -0.0531. The first kappa shape index (κ1) is 12.5. The van der Waals surface area contributed by atoms with Crippen molar-refractivity contribution in [1.29, 1.82) is 0 Å². The van der Waals surface area contributed by atoms with Crippen molar-refractivity contribution in [3.63, 3.8) is 0 Å². The van der Waals surface area contributed by atoms with E-state index in [1.807, 2.05) is 12.1 Å². The largest absolute Gasteiger partial charge is 0.373 e. The van der Waals surface area contributed by atoms with Crippen LogP contribution >= 0.6 is 0 Å². The molecule has 19 heavy (non-hydrogen) atoms. The van der Waals surface area contributed by atoms with Gasteiger partial charge in [-0.25, -0.2) is 0 Å². The minimum Gasteiger partial charge on any atom is -0.373 e. The molecular formula is C16H22N2O. The Bertz CT molecular complexity index is 443. The normalized spacial score (nSPS) is 20.8. The lowest BCUT2D eigenvalue weighted by Crippen LogP contribution is -2.43. The number of fused-ring (bicyclic) bond motifs is 1. The van der Waals surface area contributed by atoms with Crippen LogP contribution in [-0.4, -0.2) is 29.9 Å². The number of benzene rings is 1. The zero-order valence-electron chi connectivity index (χ0n) is 11.6. The predicted molar refractivity (Wildman–Crippen MR) is 77.2 cm³/mol. The van der Waals surface area contributed by atoms with Crippen molar-refractivity contribution in [2.75, 3.05) is 18.4 Å². The molecule has 1 N–H and O–H groups in total. The van der Waals surface area contributed by atoms with Crippen LogP contribution in [0.4, 0.5) is 5.69 Å². The molecule has 1 aliphatic carbocycles. The van der Waals surface area contributed by atoms with Crippen LogP contribution in [0.3, 0.4) is 0 Å². The highest BCUT2D eigenvalue weighted by Crippen LogP contribution is 2.31. The van der Waals surface area contributed by atoms with E-state index in [-0.39, 0.29) is 11.9 Å². The third-order valence-corrected chi connectivity index (χ3v) is 4.05. The second-order valence-corrected chi connectivity index (χ2v) is 5.79. The Morgan fingerprint density at radius 2 is 2.16 bits per heavy atom. The summed E-state index contributed by atoms with van der Waals surface area (Å²) in [5.41, 5.74) is 2.40. The number of rotatable bonds is 5. The molecule has 0 saturated heterocycles. The molecule has 1 fully saturated rings. The van der Waals surface area contributed by atoms with Crippen LogP contribution in [0.1, 0.15) is 31.7 Å². The zero-order chi connectivity index (χ0) is 13.2. The number of hydrogen-bond acceptors (Lipinski definition) is 2. The van der Waals surface area contributed by atoms with Crippen molar-refractivity contribution in [2.24, 2.45) is 5.92 Å². The van der Waals surface area contributed by atoms with E-state index in [2.05, 4.69) is 29.3 Å². The molecule has 0 radical (unpaired) electrons. The van der Waals surface area contributed by atoms with E-state index in [4.69, 9.17) is 0 Å². The van der Waals surface area contributed by atoms with Crippen LogP contribution < -0.4 is 5.32 Å². The highest BCUT2D eigenvalue weighted by Gasteiger charge is 2.32. The second-order valence-electron chi connectivity index (χ2n) is 5.79. The Balaban J connectivity index is 1.66. The molecule has 1 aromatic rings. The average molecular weight is 258 g/mol. The van der Waals surface area contributed by atoms with Crippen LogP contribution in [0.25, 0.3) is 0 Å². The third-order valence-electron chi connectivity index (χ3n) is 4.05. The fourth-order valence-corrected chi connectivity index (χ4v) is 2.84. The van der Waals surface area contributed by atoms with Gasteiger partial charge in [0.05, 0.1) is 0 Å². The van der Waals surface area contributed by atoms with Crippen LogP contribution in [-0.2, 0) is 11.2 Å². The van der Waals surface area contributed by atoms with Gasteiger partial charge in [0.2, 0.25) is 5.91 Å². The molecule has 1 aliphatic heterocycles. The molecule has 0 aromatic heterocycles. The summed E-state index contributed by atoms with van der Waals surface area (Å²) in [5.74, 6) is 1.05. The summed E-state index contributed by atoms with van der Waals surface area (Å²) in [6.45, 7) is 4.00. The fourth-order valence-electron chi connectivity index (χ4n) is 2.84. The number of para-hydroxylation sites is 1. The number of hydrogen-bond donors (Lipinski definition) is 1. The van der Waals surface area contributed by atoms with E-state index in [9.17, 15) is 4.79 Å². The van der Waals surface area contributed by atoms with Gasteiger partial charge in [0.15, 0.2) is 0 Å². The monoisotopic (exact) mass is 258 g/mol. The zero-order valence-corrected chi connectivity index (χ0v) is 11.6. The smallest absolute Gasteiger partial charge is 0.245 e. The van der Waals surface area contributed by atoms with Crippen molar-refractivity contribution in [2.45, 2.75) is 38.6 Å². The lowest BCUT2D eigenvalue weighted by Gasteiger charge is -2.25. The molecular weight excluding hydrogens is 236 g/mol. The molecule has 1 atom stereocenters. The summed E-state index contributed by atoms with van der Waals surface area (Å²) in [6.07, 6.45) is 4.47. The maximum atomic E-state index is 12.6. The van der Waals surface area contributed by atoms with E-state index in [1.165, 1.54) is 18.4 Å². The van der Waals surface area contributed by atoms with Crippen LogP contribution in [0, 0.1) is 5.92 Å².